The molecule has 1 amide bonds. The van der Waals surface area contributed by atoms with Gasteiger partial charge in [0.2, 0.25) is 5.91 Å². The predicted molar refractivity (Wildman–Crippen MR) is 175 cm³/mol. The van der Waals surface area contributed by atoms with Crippen molar-refractivity contribution in [3.8, 4) is 0 Å². The van der Waals surface area contributed by atoms with E-state index in [1.54, 1.807) is 5.57 Å². The van der Waals surface area contributed by atoms with Crippen molar-refractivity contribution in [2.75, 3.05) is 13.2 Å². The third-order valence-corrected chi connectivity index (χ3v) is 16.0. The van der Waals surface area contributed by atoms with Crippen LogP contribution in [0.15, 0.2) is 22.4 Å². The first kappa shape index (κ1) is 30.8. The zero-order valence-corrected chi connectivity index (χ0v) is 30.0. The summed E-state index contributed by atoms with van der Waals surface area (Å²) >= 11 is 0. The van der Waals surface area contributed by atoms with Gasteiger partial charge in [0.15, 0.2) is 6.03 Å². The van der Waals surface area contributed by atoms with Crippen molar-refractivity contribution in [2.45, 2.75) is 130 Å². The summed E-state index contributed by atoms with van der Waals surface area (Å²) in [5.41, 5.74) is 1.59. The predicted octanol–water partition coefficient (Wildman–Crippen LogP) is 7.96. The van der Waals surface area contributed by atoms with Crippen LogP contribution in [0.2, 0.25) is 0 Å². The van der Waals surface area contributed by atoms with Crippen LogP contribution >= 0.6 is 16.5 Å². The number of carbonyl (C=O) groups excluding carboxylic acids is 1. The molecule has 5 aliphatic carbocycles. The lowest BCUT2D eigenvalue weighted by atomic mass is 9.32. The number of aromatic nitrogens is 1. The second kappa shape index (κ2) is 9.39. The summed E-state index contributed by atoms with van der Waals surface area (Å²) in [7, 11) is 2.44. The molecule has 0 bridgehead atoms. The molecule has 8 heteroatoms. The topological polar surface area (TPSA) is 73.6 Å². The monoisotopic (exact) mass is 628 g/mol. The lowest BCUT2D eigenvalue weighted by Gasteiger charge is -2.73. The summed E-state index contributed by atoms with van der Waals surface area (Å²) in [4.78, 5) is 14.3. The van der Waals surface area contributed by atoms with Crippen molar-refractivity contribution >= 4 is 22.4 Å². The molecule has 4 fully saturated rings. The molecule has 43 heavy (non-hydrogen) atoms. The minimum atomic E-state index is -0.574. The van der Waals surface area contributed by atoms with Gasteiger partial charge in [0.05, 0.1) is 11.6 Å². The Morgan fingerprint density at radius 3 is 2.49 bits per heavy atom. The van der Waals surface area contributed by atoms with Crippen molar-refractivity contribution in [1.82, 2.24) is 10.5 Å². The SMILES string of the molecule is CCNC(=O)[C@]12CCC(C)(C)C[C@H]1[C@@]13OC(P(C)P)O[C@@H]1C=C1[C@@]4(C)Cc5cnoc5C(C)(C)[C@@H]4CC[C@@]1(C)[C@]3(C)CC2. The first-order valence-electron chi connectivity index (χ1n) is 16.8. The number of rotatable bonds is 3. The molecule has 11 atom stereocenters. The molecule has 1 aromatic heterocycles. The van der Waals surface area contributed by atoms with E-state index in [2.05, 4.69) is 87.5 Å². The third-order valence-electron chi connectivity index (χ3n) is 14.3. The molecule has 1 spiro atoms. The van der Waals surface area contributed by atoms with E-state index >= 15 is 0 Å². The smallest absolute Gasteiger partial charge is 0.226 e. The van der Waals surface area contributed by atoms with Crippen LogP contribution in [0.5, 0.6) is 0 Å². The minimum Gasteiger partial charge on any atom is -0.361 e. The Morgan fingerprint density at radius 1 is 1.07 bits per heavy atom. The van der Waals surface area contributed by atoms with Gasteiger partial charge in [0.1, 0.15) is 17.5 Å². The summed E-state index contributed by atoms with van der Waals surface area (Å²) in [5, 5.41) is 7.60. The second-order valence-electron chi connectivity index (χ2n) is 17.2. The first-order valence-corrected chi connectivity index (χ1v) is 20.3. The first-order chi connectivity index (χ1) is 20.0. The van der Waals surface area contributed by atoms with Crippen LogP contribution in [0.25, 0.3) is 0 Å². The number of amides is 1. The van der Waals surface area contributed by atoms with Crippen molar-refractivity contribution in [3.63, 3.8) is 0 Å². The average molecular weight is 629 g/mol. The van der Waals surface area contributed by atoms with E-state index in [0.717, 1.165) is 57.1 Å². The molecule has 2 heterocycles. The van der Waals surface area contributed by atoms with Gasteiger partial charge in [-0.25, -0.2) is 0 Å². The lowest BCUT2D eigenvalue weighted by molar-refractivity contribution is -0.263. The van der Waals surface area contributed by atoms with Gasteiger partial charge < -0.3 is 19.3 Å². The Hall–Kier alpha value is -0.800. The fourth-order valence-electron chi connectivity index (χ4n) is 12.1. The van der Waals surface area contributed by atoms with Crippen molar-refractivity contribution in [2.24, 2.45) is 38.9 Å². The molecule has 3 unspecified atom stereocenters. The van der Waals surface area contributed by atoms with Gasteiger partial charge in [-0.1, -0.05) is 65.3 Å². The number of ether oxygens (including phenoxy) is 2. The van der Waals surface area contributed by atoms with E-state index in [1.807, 2.05) is 6.20 Å². The van der Waals surface area contributed by atoms with Gasteiger partial charge in [-0.15, -0.1) is 8.93 Å². The fraction of sp³-hybridized carbons (Fsp3) is 0.829. The van der Waals surface area contributed by atoms with E-state index in [9.17, 15) is 4.79 Å². The van der Waals surface area contributed by atoms with Gasteiger partial charge in [-0.3, -0.25) is 4.79 Å². The highest BCUT2D eigenvalue weighted by Gasteiger charge is 2.79. The van der Waals surface area contributed by atoms with E-state index in [0.29, 0.717) is 12.5 Å². The highest BCUT2D eigenvalue weighted by Crippen LogP contribution is 2.79. The number of hydrogen-bond acceptors (Lipinski definition) is 5. The second-order valence-corrected chi connectivity index (χ2v) is 21.4. The zero-order valence-electron chi connectivity index (χ0n) is 27.9. The quantitative estimate of drug-likeness (QED) is 0.272. The Kier molecular flexibility index (Phi) is 6.73. The van der Waals surface area contributed by atoms with Crippen LogP contribution < -0.4 is 5.32 Å². The number of allylic oxidation sites excluding steroid dienone is 1. The minimum absolute atomic E-state index is 0.0382. The van der Waals surface area contributed by atoms with Gasteiger partial charge in [0, 0.05) is 28.9 Å². The molecule has 6 aliphatic rings. The van der Waals surface area contributed by atoms with E-state index in [1.165, 1.54) is 5.56 Å². The molecule has 3 saturated carbocycles. The standard InChI is InChI=1S/C35H54N2O4P2/c1-10-36-27(38)34-15-13-29(2,3)19-24(34)35-25(39-28(40-35)43(9)42)17-23-31(6)18-21-20-37-41-26(21)30(4,5)22(31)11-12-32(23,7)33(35,8)14-16-34/h17,20,22,24-25,28H,10-16,18-19,42H2,1-9H3,(H,36,38)/t22-,24+,25+,28?,31-,32+,33-,34-,35+,43?/m0/s1. The summed E-state index contributed by atoms with van der Waals surface area (Å²) in [5.74, 6) is 1.86. The summed E-state index contributed by atoms with van der Waals surface area (Å²) < 4.78 is 20.6. The highest BCUT2D eigenvalue weighted by atomic mass is 32.0. The van der Waals surface area contributed by atoms with Gasteiger partial charge in [0.25, 0.3) is 0 Å². The maximum Gasteiger partial charge on any atom is 0.226 e. The molecule has 7 rings (SSSR count). The Morgan fingerprint density at radius 2 is 1.79 bits per heavy atom. The Bertz CT molecular complexity index is 1370. The number of fused-ring (bicyclic) bond motifs is 6. The van der Waals surface area contributed by atoms with Crippen molar-refractivity contribution < 1.29 is 18.8 Å². The van der Waals surface area contributed by atoms with E-state index in [4.69, 9.17) is 14.0 Å². The number of hydrogen-bond donors (Lipinski definition) is 1. The molecule has 1 N–H and O–H groups in total. The van der Waals surface area contributed by atoms with Crippen LogP contribution in [-0.2, 0) is 26.1 Å². The summed E-state index contributed by atoms with van der Waals surface area (Å²) in [6.45, 7) is 22.1. The molecular formula is C35H54N2O4P2. The van der Waals surface area contributed by atoms with Gasteiger partial charge in [-0.2, -0.15) is 0 Å². The van der Waals surface area contributed by atoms with Gasteiger partial charge in [-0.05, 0) is 94.7 Å². The molecule has 0 aromatic carbocycles. The van der Waals surface area contributed by atoms with Crippen molar-refractivity contribution in [3.05, 3.63) is 29.2 Å². The van der Waals surface area contributed by atoms with Crippen LogP contribution in [0.4, 0.5) is 0 Å². The maximum atomic E-state index is 14.3. The summed E-state index contributed by atoms with van der Waals surface area (Å²) in [6.07, 6.45) is 12.4. The maximum absolute atomic E-state index is 14.3. The number of carbonyl (C=O) groups is 1. The third kappa shape index (κ3) is 3.68. The molecule has 0 radical (unpaired) electrons. The number of nitrogens with one attached hydrogen (secondary N) is 1. The van der Waals surface area contributed by atoms with E-state index < -0.39 is 18.6 Å². The molecule has 6 nitrogen and oxygen atoms in total. The van der Waals surface area contributed by atoms with Crippen LogP contribution in [0.3, 0.4) is 0 Å². The zero-order chi connectivity index (χ0) is 31.0. The van der Waals surface area contributed by atoms with Gasteiger partial charge >= 0.3 is 0 Å². The van der Waals surface area contributed by atoms with Crippen LogP contribution in [0, 0.1) is 38.9 Å². The Balaban J connectivity index is 1.46. The summed E-state index contributed by atoms with van der Waals surface area (Å²) in [6, 6.07) is -0.254. The van der Waals surface area contributed by atoms with Crippen LogP contribution in [-0.4, -0.2) is 42.0 Å². The largest absolute Gasteiger partial charge is 0.361 e. The number of nitrogens with zero attached hydrogens (tertiary/aromatic N) is 1. The molecule has 1 saturated heterocycles. The van der Waals surface area contributed by atoms with Crippen molar-refractivity contribution in [1.29, 1.82) is 0 Å². The lowest BCUT2D eigenvalue weighted by Crippen LogP contribution is -2.76. The molecule has 1 aliphatic heterocycles. The highest BCUT2D eigenvalue weighted by molar-refractivity contribution is 8.13. The average Bonchev–Trinajstić information content (AvgIpc) is 3.55. The molecular weight excluding hydrogens is 574 g/mol. The van der Waals surface area contributed by atoms with E-state index in [-0.39, 0.29) is 51.0 Å². The Labute approximate surface area is 262 Å². The fourth-order valence-corrected chi connectivity index (χ4v) is 13.2. The van der Waals surface area contributed by atoms with Crippen LogP contribution in [0.1, 0.15) is 112 Å². The normalized spacial score (nSPS) is 47.9. The molecule has 1 aromatic rings. The molecule has 238 valence electrons.